The van der Waals surface area contributed by atoms with Gasteiger partial charge in [0.2, 0.25) is 11.8 Å². The van der Waals surface area contributed by atoms with E-state index in [9.17, 15) is 9.59 Å². The molecule has 3 N–H and O–H groups in total. The SMILES string of the molecule is C[C@H](NCC(=O)N[C@H]1CCCCNC1=O)[C@H](C)n1cccn1. The molecule has 2 rings (SSSR count). The second-order valence-corrected chi connectivity index (χ2v) is 5.80. The second kappa shape index (κ2) is 7.93. The lowest BCUT2D eigenvalue weighted by Crippen LogP contribution is -2.49. The molecule has 0 radical (unpaired) electrons. The van der Waals surface area contributed by atoms with Gasteiger partial charge in [-0.25, -0.2) is 0 Å². The van der Waals surface area contributed by atoms with E-state index in [0.717, 1.165) is 12.8 Å². The molecule has 1 aromatic rings. The second-order valence-electron chi connectivity index (χ2n) is 5.80. The third-order valence-electron chi connectivity index (χ3n) is 4.12. The maximum Gasteiger partial charge on any atom is 0.242 e. The van der Waals surface area contributed by atoms with Crippen LogP contribution in [0.25, 0.3) is 0 Å². The summed E-state index contributed by atoms with van der Waals surface area (Å²) in [7, 11) is 0. The van der Waals surface area contributed by atoms with Crippen LogP contribution in [0.2, 0.25) is 0 Å². The summed E-state index contributed by atoms with van der Waals surface area (Å²) in [6.45, 7) is 4.94. The zero-order valence-corrected chi connectivity index (χ0v) is 13.2. The lowest BCUT2D eigenvalue weighted by Gasteiger charge is -2.22. The molecule has 22 heavy (non-hydrogen) atoms. The molecule has 1 aliphatic rings. The summed E-state index contributed by atoms with van der Waals surface area (Å²) in [6.07, 6.45) is 6.26. The van der Waals surface area contributed by atoms with Crippen LogP contribution >= 0.6 is 0 Å². The number of nitrogens with zero attached hydrogens (tertiary/aromatic N) is 2. The Bertz CT molecular complexity index is 488. The van der Waals surface area contributed by atoms with Crippen LogP contribution in [0.3, 0.4) is 0 Å². The molecule has 7 nitrogen and oxygen atoms in total. The molecule has 1 aromatic heterocycles. The molecule has 0 aliphatic carbocycles. The first-order valence-electron chi connectivity index (χ1n) is 7.87. The van der Waals surface area contributed by atoms with Gasteiger partial charge in [-0.3, -0.25) is 14.3 Å². The van der Waals surface area contributed by atoms with E-state index < -0.39 is 6.04 Å². The van der Waals surface area contributed by atoms with Crippen LogP contribution in [-0.2, 0) is 9.59 Å². The van der Waals surface area contributed by atoms with Gasteiger partial charge >= 0.3 is 0 Å². The molecular weight excluding hydrogens is 282 g/mol. The van der Waals surface area contributed by atoms with Crippen molar-refractivity contribution in [3.8, 4) is 0 Å². The van der Waals surface area contributed by atoms with Crippen molar-refractivity contribution in [1.82, 2.24) is 25.7 Å². The first-order chi connectivity index (χ1) is 10.6. The van der Waals surface area contributed by atoms with E-state index in [1.54, 1.807) is 6.20 Å². The Balaban J connectivity index is 1.76. The Morgan fingerprint density at radius 2 is 2.32 bits per heavy atom. The summed E-state index contributed by atoms with van der Waals surface area (Å²) in [6, 6.07) is 1.70. The molecule has 1 fully saturated rings. The van der Waals surface area contributed by atoms with Crippen LogP contribution in [0.4, 0.5) is 0 Å². The van der Waals surface area contributed by atoms with Crippen molar-refractivity contribution in [2.24, 2.45) is 0 Å². The Kier molecular flexibility index (Phi) is 5.94. The molecule has 0 unspecified atom stereocenters. The number of rotatable bonds is 6. The standard InChI is InChI=1S/C15H25N5O2/c1-11(12(2)20-9-5-8-18-20)17-10-14(21)19-13-6-3-4-7-16-15(13)22/h5,8-9,11-13,17H,3-4,6-7,10H2,1-2H3,(H,16,22)(H,19,21)/t11-,12-,13-/m0/s1. The lowest BCUT2D eigenvalue weighted by molar-refractivity contribution is -0.128. The molecule has 1 saturated heterocycles. The van der Waals surface area contributed by atoms with E-state index in [-0.39, 0.29) is 30.4 Å². The highest BCUT2D eigenvalue weighted by atomic mass is 16.2. The summed E-state index contributed by atoms with van der Waals surface area (Å²) in [5.74, 6) is -0.231. The molecule has 2 heterocycles. The number of aromatic nitrogens is 2. The number of carbonyl (C=O) groups excluding carboxylic acids is 2. The third kappa shape index (κ3) is 4.56. The first-order valence-corrected chi connectivity index (χ1v) is 7.87. The zero-order valence-electron chi connectivity index (χ0n) is 13.2. The summed E-state index contributed by atoms with van der Waals surface area (Å²) in [5, 5.41) is 13.0. The van der Waals surface area contributed by atoms with E-state index in [1.165, 1.54) is 0 Å². The predicted molar refractivity (Wildman–Crippen MR) is 83.2 cm³/mol. The Hall–Kier alpha value is -1.89. The zero-order chi connectivity index (χ0) is 15.9. The van der Waals surface area contributed by atoms with Crippen LogP contribution in [0.1, 0.15) is 39.2 Å². The minimum absolute atomic E-state index is 0.0798. The normalized spacial score (nSPS) is 21.5. The molecule has 1 aliphatic heterocycles. The molecular formula is C15H25N5O2. The lowest BCUT2D eigenvalue weighted by atomic mass is 10.1. The van der Waals surface area contributed by atoms with Crippen molar-refractivity contribution < 1.29 is 9.59 Å². The minimum atomic E-state index is -0.407. The summed E-state index contributed by atoms with van der Waals surface area (Å²) < 4.78 is 1.86. The van der Waals surface area contributed by atoms with Crippen LogP contribution in [0, 0.1) is 0 Å². The van der Waals surface area contributed by atoms with E-state index in [4.69, 9.17) is 0 Å². The highest BCUT2D eigenvalue weighted by Gasteiger charge is 2.22. The van der Waals surface area contributed by atoms with E-state index in [2.05, 4.69) is 21.0 Å². The fourth-order valence-corrected chi connectivity index (χ4v) is 2.50. The summed E-state index contributed by atoms with van der Waals surface area (Å²) in [5.41, 5.74) is 0. The van der Waals surface area contributed by atoms with Gasteiger partial charge < -0.3 is 16.0 Å². The van der Waals surface area contributed by atoms with Gasteiger partial charge in [-0.05, 0) is 39.2 Å². The van der Waals surface area contributed by atoms with Crippen LogP contribution in [-0.4, -0.2) is 46.8 Å². The van der Waals surface area contributed by atoms with Gasteiger partial charge in [-0.15, -0.1) is 0 Å². The summed E-state index contributed by atoms with van der Waals surface area (Å²) >= 11 is 0. The quantitative estimate of drug-likeness (QED) is 0.701. The Morgan fingerprint density at radius 3 is 3.05 bits per heavy atom. The van der Waals surface area contributed by atoms with Gasteiger partial charge in [0.1, 0.15) is 6.04 Å². The van der Waals surface area contributed by atoms with Crippen molar-refractivity contribution >= 4 is 11.8 Å². The van der Waals surface area contributed by atoms with Crippen molar-refractivity contribution in [3.63, 3.8) is 0 Å². The fraction of sp³-hybridized carbons (Fsp3) is 0.667. The van der Waals surface area contributed by atoms with E-state index in [1.807, 2.05) is 30.8 Å². The van der Waals surface area contributed by atoms with Gasteiger partial charge in [-0.1, -0.05) is 0 Å². The Morgan fingerprint density at radius 1 is 1.50 bits per heavy atom. The third-order valence-corrected chi connectivity index (χ3v) is 4.12. The smallest absolute Gasteiger partial charge is 0.242 e. The van der Waals surface area contributed by atoms with Gasteiger partial charge in [0.15, 0.2) is 0 Å². The van der Waals surface area contributed by atoms with E-state index in [0.29, 0.717) is 13.0 Å². The van der Waals surface area contributed by atoms with Gasteiger partial charge in [0.05, 0.1) is 12.6 Å². The highest BCUT2D eigenvalue weighted by molar-refractivity contribution is 5.88. The summed E-state index contributed by atoms with van der Waals surface area (Å²) in [4.78, 5) is 23.8. The number of hydrogen-bond donors (Lipinski definition) is 3. The monoisotopic (exact) mass is 307 g/mol. The molecule has 2 amide bonds. The Labute approximate surface area is 130 Å². The van der Waals surface area contributed by atoms with Crippen molar-refractivity contribution in [1.29, 1.82) is 0 Å². The maximum absolute atomic E-state index is 12.0. The van der Waals surface area contributed by atoms with Gasteiger partial charge in [0.25, 0.3) is 0 Å². The van der Waals surface area contributed by atoms with Gasteiger partial charge in [0, 0.05) is 25.0 Å². The number of carbonyl (C=O) groups is 2. The predicted octanol–water partition coefficient (Wildman–Crippen LogP) is 0.207. The van der Waals surface area contributed by atoms with E-state index >= 15 is 0 Å². The average molecular weight is 307 g/mol. The molecule has 0 aromatic carbocycles. The molecule has 122 valence electrons. The molecule has 0 saturated carbocycles. The number of amides is 2. The van der Waals surface area contributed by atoms with Crippen LogP contribution < -0.4 is 16.0 Å². The first kappa shape index (κ1) is 16.5. The maximum atomic E-state index is 12.0. The van der Waals surface area contributed by atoms with Crippen molar-refractivity contribution in [3.05, 3.63) is 18.5 Å². The number of nitrogens with one attached hydrogen (secondary N) is 3. The topological polar surface area (TPSA) is 88.0 Å². The molecule has 7 heteroatoms. The fourth-order valence-electron chi connectivity index (χ4n) is 2.50. The highest BCUT2D eigenvalue weighted by Crippen LogP contribution is 2.08. The van der Waals surface area contributed by atoms with Crippen LogP contribution in [0.5, 0.6) is 0 Å². The minimum Gasteiger partial charge on any atom is -0.354 e. The molecule has 0 spiro atoms. The molecule has 3 atom stereocenters. The molecule has 0 bridgehead atoms. The van der Waals surface area contributed by atoms with Crippen LogP contribution in [0.15, 0.2) is 18.5 Å². The van der Waals surface area contributed by atoms with Gasteiger partial charge in [-0.2, -0.15) is 5.10 Å². The number of hydrogen-bond acceptors (Lipinski definition) is 4. The van der Waals surface area contributed by atoms with Crippen molar-refractivity contribution in [2.75, 3.05) is 13.1 Å². The average Bonchev–Trinajstić information content (AvgIpc) is 2.97. The largest absolute Gasteiger partial charge is 0.354 e. The van der Waals surface area contributed by atoms with Crippen molar-refractivity contribution in [2.45, 2.75) is 51.2 Å².